The Morgan fingerprint density at radius 3 is 2.82 bits per heavy atom. The van der Waals surface area contributed by atoms with E-state index >= 15 is 0 Å². The number of anilines is 2. The number of benzene rings is 1. The highest BCUT2D eigenvalue weighted by molar-refractivity contribution is 5.94. The molecule has 0 aliphatic rings. The van der Waals surface area contributed by atoms with E-state index in [0.29, 0.717) is 5.56 Å². The van der Waals surface area contributed by atoms with E-state index in [9.17, 15) is 4.79 Å². The van der Waals surface area contributed by atoms with E-state index in [4.69, 9.17) is 5.84 Å². The molecule has 2 rings (SSSR count). The number of hydrazine groups is 1. The highest BCUT2D eigenvalue weighted by Gasteiger charge is 2.05. The summed E-state index contributed by atoms with van der Waals surface area (Å²) < 4.78 is 0. The highest BCUT2D eigenvalue weighted by Crippen LogP contribution is 2.20. The lowest BCUT2D eigenvalue weighted by Crippen LogP contribution is -2.29. The van der Waals surface area contributed by atoms with Gasteiger partial charge >= 0.3 is 0 Å². The first-order valence-corrected chi connectivity index (χ1v) is 5.22. The molecule has 1 amide bonds. The molecule has 17 heavy (non-hydrogen) atoms. The average molecular weight is 230 g/mol. The number of nitrogens with one attached hydrogen (secondary N) is 3. The van der Waals surface area contributed by atoms with Crippen LogP contribution in [0.5, 0.6) is 0 Å². The van der Waals surface area contributed by atoms with Gasteiger partial charge in [0.25, 0.3) is 5.91 Å². The van der Waals surface area contributed by atoms with E-state index in [1.54, 1.807) is 18.2 Å². The molecule has 1 heterocycles. The lowest BCUT2D eigenvalue weighted by Gasteiger charge is -2.07. The van der Waals surface area contributed by atoms with Crippen LogP contribution in [-0.4, -0.2) is 10.9 Å². The Morgan fingerprint density at radius 2 is 2.18 bits per heavy atom. The second-order valence-electron chi connectivity index (χ2n) is 3.70. The third-order valence-corrected chi connectivity index (χ3v) is 2.49. The van der Waals surface area contributed by atoms with Crippen LogP contribution in [0, 0.1) is 6.92 Å². The smallest absolute Gasteiger partial charge is 0.265 e. The largest absolute Gasteiger partial charge is 0.363 e. The molecule has 88 valence electrons. The standard InChI is InChI=1S/C12H14N4O/c1-8-11(5-6-14-8)15-10-4-2-3-9(7-10)12(17)16-13/h2-7,14-15H,13H2,1H3,(H,16,17). The van der Waals surface area contributed by atoms with Gasteiger partial charge in [-0.15, -0.1) is 0 Å². The minimum absolute atomic E-state index is 0.306. The first kappa shape index (κ1) is 11.2. The molecule has 0 saturated heterocycles. The topological polar surface area (TPSA) is 82.9 Å². The van der Waals surface area contributed by atoms with Crippen LogP contribution < -0.4 is 16.6 Å². The number of aromatic amines is 1. The maximum atomic E-state index is 11.4. The highest BCUT2D eigenvalue weighted by atomic mass is 16.2. The zero-order valence-electron chi connectivity index (χ0n) is 9.45. The summed E-state index contributed by atoms with van der Waals surface area (Å²) in [6.07, 6.45) is 1.86. The van der Waals surface area contributed by atoms with Crippen molar-refractivity contribution in [2.75, 3.05) is 5.32 Å². The summed E-state index contributed by atoms with van der Waals surface area (Å²) in [6, 6.07) is 9.08. The number of carbonyl (C=O) groups is 1. The molecular weight excluding hydrogens is 216 g/mol. The van der Waals surface area contributed by atoms with Crippen molar-refractivity contribution in [2.24, 2.45) is 5.84 Å². The van der Waals surface area contributed by atoms with Gasteiger partial charge in [-0.25, -0.2) is 5.84 Å². The number of aryl methyl sites for hydroxylation is 1. The molecule has 0 fully saturated rings. The number of nitrogen functional groups attached to an aromatic ring is 1. The van der Waals surface area contributed by atoms with Crippen LogP contribution in [0.25, 0.3) is 0 Å². The van der Waals surface area contributed by atoms with Crippen molar-refractivity contribution in [3.8, 4) is 0 Å². The van der Waals surface area contributed by atoms with E-state index in [2.05, 4.69) is 15.7 Å². The number of amides is 1. The van der Waals surface area contributed by atoms with Crippen molar-refractivity contribution in [1.29, 1.82) is 0 Å². The Labute approximate surface area is 99.0 Å². The van der Waals surface area contributed by atoms with Crippen molar-refractivity contribution in [1.82, 2.24) is 10.4 Å². The lowest BCUT2D eigenvalue weighted by atomic mass is 10.2. The fourth-order valence-corrected chi connectivity index (χ4v) is 1.57. The van der Waals surface area contributed by atoms with Crippen molar-refractivity contribution in [2.45, 2.75) is 6.92 Å². The fraction of sp³-hybridized carbons (Fsp3) is 0.0833. The van der Waals surface area contributed by atoms with Crippen LogP contribution >= 0.6 is 0 Å². The summed E-state index contributed by atoms with van der Waals surface area (Å²) >= 11 is 0. The first-order valence-electron chi connectivity index (χ1n) is 5.22. The van der Waals surface area contributed by atoms with Gasteiger partial charge in [0.2, 0.25) is 0 Å². The second kappa shape index (κ2) is 4.71. The monoisotopic (exact) mass is 230 g/mol. The van der Waals surface area contributed by atoms with E-state index in [0.717, 1.165) is 17.1 Å². The van der Waals surface area contributed by atoms with Gasteiger partial charge in [0, 0.05) is 23.1 Å². The molecule has 2 aromatic rings. The summed E-state index contributed by atoms with van der Waals surface area (Å²) in [7, 11) is 0. The van der Waals surface area contributed by atoms with Crippen LogP contribution in [0.2, 0.25) is 0 Å². The normalized spacial score (nSPS) is 10.0. The summed E-state index contributed by atoms with van der Waals surface area (Å²) in [5.74, 6) is 4.78. The van der Waals surface area contributed by atoms with Crippen molar-refractivity contribution < 1.29 is 4.79 Å². The quantitative estimate of drug-likeness (QED) is 0.368. The molecule has 0 saturated carbocycles. The zero-order valence-corrected chi connectivity index (χ0v) is 9.45. The van der Waals surface area contributed by atoms with Gasteiger partial charge < -0.3 is 10.3 Å². The van der Waals surface area contributed by atoms with Gasteiger partial charge in [-0.3, -0.25) is 10.2 Å². The third-order valence-electron chi connectivity index (χ3n) is 2.49. The number of H-pyrrole nitrogens is 1. The number of hydrogen-bond acceptors (Lipinski definition) is 3. The Kier molecular flexibility index (Phi) is 3.11. The molecule has 0 unspecified atom stereocenters. The number of aromatic nitrogens is 1. The lowest BCUT2D eigenvalue weighted by molar-refractivity contribution is 0.0953. The first-order chi connectivity index (χ1) is 8.20. The van der Waals surface area contributed by atoms with E-state index in [-0.39, 0.29) is 5.91 Å². The molecule has 0 bridgehead atoms. The van der Waals surface area contributed by atoms with E-state index < -0.39 is 0 Å². The van der Waals surface area contributed by atoms with Gasteiger partial charge in [-0.1, -0.05) is 6.07 Å². The SMILES string of the molecule is Cc1[nH]ccc1Nc1cccc(C(=O)NN)c1. The molecule has 1 aromatic heterocycles. The minimum Gasteiger partial charge on any atom is -0.363 e. The van der Waals surface area contributed by atoms with E-state index in [1.165, 1.54) is 0 Å². The van der Waals surface area contributed by atoms with Crippen LogP contribution in [0.1, 0.15) is 16.1 Å². The van der Waals surface area contributed by atoms with Crippen LogP contribution in [0.4, 0.5) is 11.4 Å². The van der Waals surface area contributed by atoms with Crippen LogP contribution in [0.15, 0.2) is 36.5 Å². The molecule has 5 N–H and O–H groups in total. The Bertz CT molecular complexity index is 533. The number of carbonyl (C=O) groups excluding carboxylic acids is 1. The summed E-state index contributed by atoms with van der Waals surface area (Å²) in [4.78, 5) is 14.4. The number of nitrogens with two attached hydrogens (primary N) is 1. The molecule has 0 atom stereocenters. The van der Waals surface area contributed by atoms with Gasteiger partial charge in [0.1, 0.15) is 0 Å². The molecule has 0 radical (unpaired) electrons. The molecule has 0 aliphatic heterocycles. The van der Waals surface area contributed by atoms with Gasteiger partial charge in [-0.05, 0) is 31.2 Å². The Morgan fingerprint density at radius 1 is 1.35 bits per heavy atom. The van der Waals surface area contributed by atoms with Gasteiger partial charge in [-0.2, -0.15) is 0 Å². The molecule has 1 aromatic carbocycles. The molecular formula is C12H14N4O. The predicted molar refractivity (Wildman–Crippen MR) is 66.9 cm³/mol. The van der Waals surface area contributed by atoms with Gasteiger partial charge in [0.05, 0.1) is 5.69 Å². The minimum atomic E-state index is -0.306. The predicted octanol–water partition coefficient (Wildman–Crippen LogP) is 1.67. The van der Waals surface area contributed by atoms with Gasteiger partial charge in [0.15, 0.2) is 0 Å². The number of hydrogen-bond donors (Lipinski definition) is 4. The van der Waals surface area contributed by atoms with E-state index in [1.807, 2.05) is 25.3 Å². The molecule has 0 spiro atoms. The van der Waals surface area contributed by atoms with Crippen LogP contribution in [-0.2, 0) is 0 Å². The maximum Gasteiger partial charge on any atom is 0.265 e. The molecule has 5 nitrogen and oxygen atoms in total. The summed E-state index contributed by atoms with van der Waals surface area (Å²) in [5.41, 5.74) is 5.49. The second-order valence-corrected chi connectivity index (χ2v) is 3.70. The third kappa shape index (κ3) is 2.46. The van der Waals surface area contributed by atoms with Crippen molar-refractivity contribution >= 4 is 17.3 Å². The molecule has 5 heteroatoms. The fourth-order valence-electron chi connectivity index (χ4n) is 1.57. The van der Waals surface area contributed by atoms with Crippen molar-refractivity contribution in [3.63, 3.8) is 0 Å². The summed E-state index contributed by atoms with van der Waals surface area (Å²) in [6.45, 7) is 1.97. The zero-order chi connectivity index (χ0) is 12.3. The van der Waals surface area contributed by atoms with Crippen LogP contribution in [0.3, 0.4) is 0 Å². The maximum absolute atomic E-state index is 11.4. The Hall–Kier alpha value is -2.27. The van der Waals surface area contributed by atoms with Crippen molar-refractivity contribution in [3.05, 3.63) is 47.8 Å². The summed E-state index contributed by atoms with van der Waals surface area (Å²) in [5, 5.41) is 3.22. The average Bonchev–Trinajstić information content (AvgIpc) is 2.74. The number of rotatable bonds is 3. The Balaban J connectivity index is 2.22. The molecule has 0 aliphatic carbocycles.